The van der Waals surface area contributed by atoms with E-state index in [9.17, 15) is 0 Å². The van der Waals surface area contributed by atoms with Crippen LogP contribution in [0.2, 0.25) is 0 Å². The summed E-state index contributed by atoms with van der Waals surface area (Å²) in [7, 11) is 0. The van der Waals surface area contributed by atoms with Crippen LogP contribution in [-0.4, -0.2) is 16.5 Å². The van der Waals surface area contributed by atoms with Crippen LogP contribution in [0.1, 0.15) is 19.8 Å². The van der Waals surface area contributed by atoms with Gasteiger partial charge in [-0.05, 0) is 6.42 Å². The molecule has 0 bridgehead atoms. The van der Waals surface area contributed by atoms with Gasteiger partial charge >= 0.3 is 0 Å². The summed E-state index contributed by atoms with van der Waals surface area (Å²) in [5.41, 5.74) is 2.44. The average Bonchev–Trinajstić information content (AvgIpc) is 2.19. The van der Waals surface area contributed by atoms with E-state index in [1.807, 2.05) is 0 Å². The van der Waals surface area contributed by atoms with Crippen LogP contribution in [0.5, 0.6) is 0 Å². The first-order chi connectivity index (χ1) is 6.36. The van der Waals surface area contributed by atoms with Crippen molar-refractivity contribution in [2.24, 2.45) is 5.84 Å². The Morgan fingerprint density at radius 3 is 2.85 bits per heavy atom. The Kier molecular flexibility index (Phi) is 3.98. The quantitative estimate of drug-likeness (QED) is 0.358. The fourth-order valence-corrected chi connectivity index (χ4v) is 0.914. The van der Waals surface area contributed by atoms with Gasteiger partial charge < -0.3 is 10.7 Å². The number of nitrogen functional groups attached to an aromatic ring is 1. The Bertz CT molecular complexity index is 250. The number of hydrazine groups is 1. The first kappa shape index (κ1) is 9.73. The summed E-state index contributed by atoms with van der Waals surface area (Å²) < 4.78 is 0. The maximum absolute atomic E-state index is 5.19. The van der Waals surface area contributed by atoms with Gasteiger partial charge in [-0.3, -0.25) is 4.98 Å². The van der Waals surface area contributed by atoms with Crippen LogP contribution < -0.4 is 16.6 Å². The average molecular weight is 181 g/mol. The zero-order chi connectivity index (χ0) is 9.52. The number of nitrogens with two attached hydrogens (primary N) is 1. The molecule has 1 heterocycles. The van der Waals surface area contributed by atoms with Gasteiger partial charge in [0.1, 0.15) is 5.82 Å². The summed E-state index contributed by atoms with van der Waals surface area (Å²) in [6.07, 6.45) is 5.54. The second kappa shape index (κ2) is 5.31. The summed E-state index contributed by atoms with van der Waals surface area (Å²) in [5, 5.41) is 3.15. The molecule has 0 atom stereocenters. The van der Waals surface area contributed by atoms with E-state index in [0.29, 0.717) is 5.82 Å². The zero-order valence-corrected chi connectivity index (χ0v) is 7.75. The molecule has 0 radical (unpaired) electrons. The third kappa shape index (κ3) is 3.25. The Morgan fingerprint density at radius 1 is 1.38 bits per heavy atom. The highest BCUT2D eigenvalue weighted by atomic mass is 15.3. The highest BCUT2D eigenvalue weighted by molar-refractivity contribution is 5.40. The van der Waals surface area contributed by atoms with Gasteiger partial charge in [0.05, 0.1) is 12.4 Å². The molecule has 72 valence electrons. The van der Waals surface area contributed by atoms with Crippen molar-refractivity contribution in [2.75, 3.05) is 17.3 Å². The summed E-state index contributed by atoms with van der Waals surface area (Å²) in [6.45, 7) is 3.06. The number of unbranched alkanes of at least 4 members (excludes halogenated alkanes) is 1. The third-order valence-corrected chi connectivity index (χ3v) is 1.62. The standard InChI is InChI=1S/C8H15N5/c1-2-3-4-11-7-5-10-6-8(12-7)13-9/h5-6H,2-4,9H2,1H3,(H2,11,12,13). The Hall–Kier alpha value is -1.36. The first-order valence-electron chi connectivity index (χ1n) is 4.39. The van der Waals surface area contributed by atoms with Gasteiger partial charge in [0.25, 0.3) is 0 Å². The van der Waals surface area contributed by atoms with Gasteiger partial charge in [-0.15, -0.1) is 0 Å². The Balaban J connectivity index is 2.46. The fraction of sp³-hybridized carbons (Fsp3) is 0.500. The molecule has 0 saturated heterocycles. The van der Waals surface area contributed by atoms with Gasteiger partial charge in [-0.25, -0.2) is 10.8 Å². The molecule has 1 aromatic heterocycles. The van der Waals surface area contributed by atoms with E-state index in [4.69, 9.17) is 5.84 Å². The number of rotatable bonds is 5. The minimum absolute atomic E-state index is 0.571. The molecule has 1 rings (SSSR count). The molecule has 0 amide bonds. The molecule has 13 heavy (non-hydrogen) atoms. The molecule has 0 unspecified atom stereocenters. The molecular weight excluding hydrogens is 166 g/mol. The van der Waals surface area contributed by atoms with Gasteiger partial charge in [-0.1, -0.05) is 13.3 Å². The molecule has 0 aromatic carbocycles. The molecule has 0 aliphatic heterocycles. The van der Waals surface area contributed by atoms with E-state index in [0.717, 1.165) is 25.2 Å². The van der Waals surface area contributed by atoms with Crippen LogP contribution in [0.3, 0.4) is 0 Å². The lowest BCUT2D eigenvalue weighted by Crippen LogP contribution is -2.10. The lowest BCUT2D eigenvalue weighted by Gasteiger charge is -2.04. The largest absolute Gasteiger partial charge is 0.369 e. The van der Waals surface area contributed by atoms with Gasteiger partial charge in [0.2, 0.25) is 0 Å². The maximum atomic E-state index is 5.19. The number of hydrogen-bond acceptors (Lipinski definition) is 5. The highest BCUT2D eigenvalue weighted by Gasteiger charge is 1.94. The Morgan fingerprint density at radius 2 is 2.15 bits per heavy atom. The van der Waals surface area contributed by atoms with Crippen LogP contribution >= 0.6 is 0 Å². The van der Waals surface area contributed by atoms with E-state index in [2.05, 4.69) is 27.6 Å². The highest BCUT2D eigenvalue weighted by Crippen LogP contribution is 2.04. The second-order valence-corrected chi connectivity index (χ2v) is 2.71. The molecule has 5 heteroatoms. The molecule has 0 saturated carbocycles. The van der Waals surface area contributed by atoms with E-state index in [1.54, 1.807) is 12.4 Å². The topological polar surface area (TPSA) is 75.9 Å². The number of nitrogens with one attached hydrogen (secondary N) is 2. The summed E-state index contributed by atoms with van der Waals surface area (Å²) in [5.74, 6) is 6.52. The third-order valence-electron chi connectivity index (χ3n) is 1.62. The van der Waals surface area contributed by atoms with Crippen molar-refractivity contribution < 1.29 is 0 Å². The van der Waals surface area contributed by atoms with Crippen LogP contribution in [0, 0.1) is 0 Å². The summed E-state index contributed by atoms with van der Waals surface area (Å²) >= 11 is 0. The van der Waals surface area contributed by atoms with Crippen LogP contribution in [0.4, 0.5) is 11.6 Å². The minimum Gasteiger partial charge on any atom is -0.369 e. The second-order valence-electron chi connectivity index (χ2n) is 2.71. The molecule has 0 aliphatic carbocycles. The summed E-state index contributed by atoms with van der Waals surface area (Å²) in [6, 6.07) is 0. The predicted octanol–water partition coefficient (Wildman–Crippen LogP) is 0.974. The molecule has 0 fully saturated rings. The van der Waals surface area contributed by atoms with Crippen LogP contribution in [0.25, 0.3) is 0 Å². The normalized spacial score (nSPS) is 9.69. The van der Waals surface area contributed by atoms with E-state index >= 15 is 0 Å². The molecule has 4 N–H and O–H groups in total. The zero-order valence-electron chi connectivity index (χ0n) is 7.75. The SMILES string of the molecule is CCCCNc1cncc(NN)n1. The van der Waals surface area contributed by atoms with Crippen molar-refractivity contribution in [2.45, 2.75) is 19.8 Å². The van der Waals surface area contributed by atoms with E-state index < -0.39 is 0 Å². The number of aromatic nitrogens is 2. The van der Waals surface area contributed by atoms with Crippen LogP contribution in [0.15, 0.2) is 12.4 Å². The number of anilines is 2. The smallest absolute Gasteiger partial charge is 0.160 e. The monoisotopic (exact) mass is 181 g/mol. The van der Waals surface area contributed by atoms with Gasteiger partial charge in [0, 0.05) is 6.54 Å². The predicted molar refractivity (Wildman–Crippen MR) is 53.2 cm³/mol. The minimum atomic E-state index is 0.571. The van der Waals surface area contributed by atoms with E-state index in [1.165, 1.54) is 0 Å². The summed E-state index contributed by atoms with van der Waals surface area (Å²) in [4.78, 5) is 8.12. The van der Waals surface area contributed by atoms with Gasteiger partial charge in [-0.2, -0.15) is 0 Å². The van der Waals surface area contributed by atoms with Crippen molar-refractivity contribution >= 4 is 11.6 Å². The van der Waals surface area contributed by atoms with Crippen molar-refractivity contribution in [1.29, 1.82) is 0 Å². The maximum Gasteiger partial charge on any atom is 0.160 e. The van der Waals surface area contributed by atoms with Crippen LogP contribution in [-0.2, 0) is 0 Å². The fourth-order valence-electron chi connectivity index (χ4n) is 0.914. The van der Waals surface area contributed by atoms with Crippen molar-refractivity contribution in [3.8, 4) is 0 Å². The lowest BCUT2D eigenvalue weighted by atomic mass is 10.3. The Labute approximate surface area is 77.7 Å². The van der Waals surface area contributed by atoms with Crippen molar-refractivity contribution in [3.63, 3.8) is 0 Å². The molecule has 1 aromatic rings. The molecule has 0 aliphatic rings. The number of hydrogen-bond donors (Lipinski definition) is 3. The van der Waals surface area contributed by atoms with Crippen molar-refractivity contribution in [1.82, 2.24) is 9.97 Å². The lowest BCUT2D eigenvalue weighted by molar-refractivity contribution is 0.830. The molecule has 0 spiro atoms. The molecule has 5 nitrogen and oxygen atoms in total. The van der Waals surface area contributed by atoms with Gasteiger partial charge in [0.15, 0.2) is 5.82 Å². The number of nitrogens with zero attached hydrogens (tertiary/aromatic N) is 2. The molecular formula is C8H15N5. The van der Waals surface area contributed by atoms with E-state index in [-0.39, 0.29) is 0 Å². The van der Waals surface area contributed by atoms with Crippen molar-refractivity contribution in [3.05, 3.63) is 12.4 Å². The first-order valence-corrected chi connectivity index (χ1v) is 4.39.